The van der Waals surface area contributed by atoms with Crippen molar-refractivity contribution in [2.45, 2.75) is 89.9 Å². The number of piperidine rings is 2. The number of nitrogens with zero attached hydrogens (tertiary/aromatic N) is 3. The van der Waals surface area contributed by atoms with E-state index >= 15 is 0 Å². The highest BCUT2D eigenvalue weighted by Gasteiger charge is 2.47. The number of benzene rings is 2. The van der Waals surface area contributed by atoms with Crippen molar-refractivity contribution in [1.82, 2.24) is 19.4 Å². The normalized spacial score (nSPS) is 22.6. The molecule has 0 bridgehead atoms. The summed E-state index contributed by atoms with van der Waals surface area (Å²) in [6.07, 6.45) is -7.05. The average Bonchev–Trinajstić information content (AvgIpc) is 3.59. The quantitative estimate of drug-likeness (QED) is 0.157. The van der Waals surface area contributed by atoms with E-state index in [-0.39, 0.29) is 36.8 Å². The molecule has 2 aromatic heterocycles. The van der Waals surface area contributed by atoms with Gasteiger partial charge in [-0.3, -0.25) is 4.90 Å². The molecule has 2 aliphatic heterocycles. The van der Waals surface area contributed by atoms with Gasteiger partial charge in [-0.1, -0.05) is 36.4 Å². The van der Waals surface area contributed by atoms with Crippen molar-refractivity contribution in [2.75, 3.05) is 34.4 Å². The highest BCUT2D eigenvalue weighted by atomic mass is 19.4. The maximum absolute atomic E-state index is 13.4. The molecule has 290 valence electrons. The summed E-state index contributed by atoms with van der Waals surface area (Å²) < 4.78 is 93.5. The highest BCUT2D eigenvalue weighted by molar-refractivity contribution is 6.06. The van der Waals surface area contributed by atoms with Gasteiger partial charge in [-0.25, -0.2) is 9.59 Å². The van der Waals surface area contributed by atoms with Gasteiger partial charge in [-0.05, 0) is 97.5 Å². The minimum Gasteiger partial charge on any atom is -0.465 e. The molecule has 6 atom stereocenters. The summed E-state index contributed by atoms with van der Waals surface area (Å²) in [7, 11) is 4.20. The van der Waals surface area contributed by atoms with E-state index < -0.39 is 36.4 Å². The molecule has 0 amide bonds. The fourth-order valence-electron chi connectivity index (χ4n) is 8.54. The number of esters is 2. The van der Waals surface area contributed by atoms with Crippen LogP contribution < -0.4 is 5.32 Å². The number of likely N-dealkylation sites (tertiary alicyclic amines) is 1. The number of carbonyl (C=O) groups excluding carboxylic acids is 2. The lowest BCUT2D eigenvalue weighted by atomic mass is 9.85. The number of rotatable bonds is 6. The van der Waals surface area contributed by atoms with Gasteiger partial charge >= 0.3 is 24.3 Å². The highest BCUT2D eigenvalue weighted by Crippen LogP contribution is 2.41. The fraction of sp³-hybridized carbons (Fsp3) is 0.538. The third-order valence-electron chi connectivity index (χ3n) is 11.4. The topological polar surface area (TPSA) is 77.7 Å². The molecule has 14 heteroatoms. The molecular weight excluding hydrogens is 702 g/mol. The van der Waals surface area contributed by atoms with Crippen LogP contribution >= 0.6 is 0 Å². The first-order valence-corrected chi connectivity index (χ1v) is 17.8. The molecule has 2 saturated heterocycles. The van der Waals surface area contributed by atoms with E-state index in [2.05, 4.69) is 5.32 Å². The number of para-hydroxylation sites is 2. The van der Waals surface area contributed by atoms with Gasteiger partial charge in [0.1, 0.15) is 12.1 Å². The van der Waals surface area contributed by atoms with Gasteiger partial charge in [-0.2, -0.15) is 26.3 Å². The van der Waals surface area contributed by atoms with Crippen LogP contribution in [0.4, 0.5) is 26.3 Å². The first-order chi connectivity index (χ1) is 24.9. The van der Waals surface area contributed by atoms with E-state index in [0.29, 0.717) is 37.1 Å². The van der Waals surface area contributed by atoms with E-state index in [4.69, 9.17) is 9.47 Å². The third-order valence-corrected chi connectivity index (χ3v) is 11.4. The number of hydrogen-bond acceptors (Lipinski definition) is 6. The Hall–Kier alpha value is -4.04. The number of fused-ring (bicyclic) bond motifs is 2. The lowest BCUT2D eigenvalue weighted by molar-refractivity contribution is -0.192. The first-order valence-electron chi connectivity index (χ1n) is 17.8. The number of alkyl halides is 6. The van der Waals surface area contributed by atoms with Gasteiger partial charge in [0.25, 0.3) is 0 Å². The van der Waals surface area contributed by atoms with E-state index in [1.807, 2.05) is 85.4 Å². The van der Waals surface area contributed by atoms with Gasteiger partial charge in [0.05, 0.1) is 25.3 Å². The molecule has 2 aliphatic rings. The molecule has 8 nitrogen and oxygen atoms in total. The van der Waals surface area contributed by atoms with Gasteiger partial charge < -0.3 is 23.9 Å². The van der Waals surface area contributed by atoms with Crippen LogP contribution in [-0.4, -0.2) is 84.8 Å². The van der Waals surface area contributed by atoms with E-state index in [1.165, 1.54) is 26.2 Å². The molecule has 2 fully saturated rings. The van der Waals surface area contributed by atoms with Gasteiger partial charge in [0.15, 0.2) is 0 Å². The van der Waals surface area contributed by atoms with Crippen LogP contribution in [0.25, 0.3) is 21.8 Å². The summed E-state index contributed by atoms with van der Waals surface area (Å²) in [5.41, 5.74) is 4.13. The summed E-state index contributed by atoms with van der Waals surface area (Å²) >= 11 is 0. The second-order valence-corrected chi connectivity index (χ2v) is 14.3. The van der Waals surface area contributed by atoms with Crippen molar-refractivity contribution in [2.24, 2.45) is 11.8 Å². The average molecular weight is 751 g/mol. The van der Waals surface area contributed by atoms with Crippen molar-refractivity contribution in [3.8, 4) is 0 Å². The zero-order chi connectivity index (χ0) is 39.0. The number of hydrogen-bond donors (Lipinski definition) is 1. The van der Waals surface area contributed by atoms with Crippen LogP contribution in [0.3, 0.4) is 0 Å². The zero-order valence-electron chi connectivity index (χ0n) is 31.1. The smallest absolute Gasteiger partial charge is 0.404 e. The Morgan fingerprint density at radius 1 is 0.736 bits per heavy atom. The predicted molar refractivity (Wildman–Crippen MR) is 191 cm³/mol. The summed E-state index contributed by atoms with van der Waals surface area (Å²) in [6.45, 7) is 8.28. The minimum atomic E-state index is -4.25. The van der Waals surface area contributed by atoms with Crippen LogP contribution in [0.5, 0.6) is 0 Å². The Balaban J connectivity index is 0.000000204. The number of aromatic nitrogens is 2. The first kappa shape index (κ1) is 40.2. The lowest BCUT2D eigenvalue weighted by Gasteiger charge is -2.40. The lowest BCUT2D eigenvalue weighted by Crippen LogP contribution is -2.49. The van der Waals surface area contributed by atoms with Crippen molar-refractivity contribution in [1.29, 1.82) is 0 Å². The Kier molecular flexibility index (Phi) is 11.9. The molecule has 4 heterocycles. The Labute approximate surface area is 305 Å². The van der Waals surface area contributed by atoms with Gasteiger partial charge in [0.2, 0.25) is 0 Å². The van der Waals surface area contributed by atoms with E-state index in [0.717, 1.165) is 33.2 Å². The summed E-state index contributed by atoms with van der Waals surface area (Å²) in [4.78, 5) is 25.9. The number of nitrogens with one attached hydrogen (secondary N) is 1. The van der Waals surface area contributed by atoms with Crippen LogP contribution in [0.15, 0.2) is 48.5 Å². The molecule has 6 rings (SSSR count). The number of ether oxygens (including phenoxy) is 2. The molecule has 4 aromatic rings. The fourth-order valence-corrected chi connectivity index (χ4v) is 8.54. The van der Waals surface area contributed by atoms with Gasteiger partial charge in [0, 0.05) is 45.3 Å². The molecule has 0 radical (unpaired) electrons. The maximum atomic E-state index is 13.4. The Morgan fingerprint density at radius 2 is 1.19 bits per heavy atom. The van der Waals surface area contributed by atoms with Crippen LogP contribution in [0.1, 0.15) is 83.7 Å². The molecule has 53 heavy (non-hydrogen) atoms. The van der Waals surface area contributed by atoms with Crippen LogP contribution in [0.2, 0.25) is 0 Å². The Bertz CT molecular complexity index is 1930. The standard InChI is InChI=1S/C20H25F3N2O2.C19H23F3N2O2/c1-12(14-9-10-24(3)17(11-14)20(21,22)23)25-13(2)18(19(26)27-4)15-7-5-6-8-16(15)25;1-11(13-8-9-23-16(10-13)19(20,21)22)24-12(2)17(18(25)26-3)14-6-4-5-7-15(14)24/h5-8,12,14,17H,9-11H2,1-4H3;4-7,11,13,16,23H,8-10H2,1-3H3. The number of carbonyl (C=O) groups is 2. The van der Waals surface area contributed by atoms with E-state index in [1.54, 1.807) is 0 Å². The summed E-state index contributed by atoms with van der Waals surface area (Å²) in [5, 5.41) is 4.11. The Morgan fingerprint density at radius 3 is 1.62 bits per heavy atom. The number of halogens is 6. The van der Waals surface area contributed by atoms with Crippen molar-refractivity contribution in [3.63, 3.8) is 0 Å². The zero-order valence-corrected chi connectivity index (χ0v) is 31.1. The predicted octanol–water partition coefficient (Wildman–Crippen LogP) is 8.80. The molecular formula is C39H48F6N4O4. The van der Waals surface area contributed by atoms with Crippen LogP contribution in [0, 0.1) is 25.7 Å². The van der Waals surface area contributed by atoms with E-state index in [9.17, 15) is 35.9 Å². The van der Waals surface area contributed by atoms with Crippen molar-refractivity contribution >= 4 is 33.7 Å². The van der Waals surface area contributed by atoms with Crippen molar-refractivity contribution < 1.29 is 45.4 Å². The molecule has 6 unspecified atom stereocenters. The molecule has 1 N–H and O–H groups in total. The van der Waals surface area contributed by atoms with Gasteiger partial charge in [-0.15, -0.1) is 0 Å². The SMILES string of the molecule is COC(=O)c1c(C)n(C(C)C2CCN(C)C(C(F)(F)F)C2)c2ccccc12.COC(=O)c1c(C)n(C(C)C2CCNC(C(F)(F)F)C2)c2ccccc12. The minimum absolute atomic E-state index is 0.0319. The largest absolute Gasteiger partial charge is 0.465 e. The molecule has 0 saturated carbocycles. The maximum Gasteiger partial charge on any atom is 0.404 e. The second kappa shape index (κ2) is 15.7. The monoisotopic (exact) mass is 750 g/mol. The van der Waals surface area contributed by atoms with Crippen LogP contribution in [-0.2, 0) is 9.47 Å². The second-order valence-electron chi connectivity index (χ2n) is 14.3. The summed E-state index contributed by atoms with van der Waals surface area (Å²) in [6, 6.07) is 11.7. The molecule has 0 spiro atoms. The van der Waals surface area contributed by atoms with Crippen molar-refractivity contribution in [3.05, 3.63) is 71.0 Å². The molecule has 0 aliphatic carbocycles. The summed E-state index contributed by atoms with van der Waals surface area (Å²) in [5.74, 6) is -1.12. The number of methoxy groups -OCH3 is 2. The molecule has 2 aromatic carbocycles. The third kappa shape index (κ3) is 7.94.